The van der Waals surface area contributed by atoms with Crippen molar-refractivity contribution in [1.82, 2.24) is 10.2 Å². The molecule has 2 rings (SSSR count). The molecule has 2 heterocycles. The van der Waals surface area contributed by atoms with Gasteiger partial charge >= 0.3 is 0 Å². The Bertz CT molecular complexity index is 152. The lowest BCUT2D eigenvalue weighted by molar-refractivity contribution is 0.0890. The molecule has 0 saturated carbocycles. The molecule has 2 aliphatic rings. The predicted octanol–water partition coefficient (Wildman–Crippen LogP) is 1.61. The van der Waals surface area contributed by atoms with Gasteiger partial charge in [-0.15, -0.1) is 0 Å². The van der Waals surface area contributed by atoms with Gasteiger partial charge in [0.25, 0.3) is 0 Å². The summed E-state index contributed by atoms with van der Waals surface area (Å²) < 4.78 is 0. The van der Waals surface area contributed by atoms with Crippen LogP contribution in [0.2, 0.25) is 0 Å². The van der Waals surface area contributed by atoms with Gasteiger partial charge in [-0.2, -0.15) is 0 Å². The standard InChI is InChI=1S/C11H22N2/c1-10-5-2-3-8-13(10)11-6-4-7-12-9-11/h10-12H,2-9H2,1H3/t10-,11-/m1/s1. The molecule has 0 unspecified atom stereocenters. The first-order valence-corrected chi connectivity index (χ1v) is 5.84. The maximum absolute atomic E-state index is 3.51. The van der Waals surface area contributed by atoms with Gasteiger partial charge in [0.15, 0.2) is 0 Å². The normalized spacial score (nSPS) is 37.6. The molecule has 0 amide bonds. The van der Waals surface area contributed by atoms with Crippen LogP contribution < -0.4 is 5.32 Å². The van der Waals surface area contributed by atoms with E-state index in [0.29, 0.717) is 0 Å². The number of likely N-dealkylation sites (tertiary alicyclic amines) is 1. The van der Waals surface area contributed by atoms with Gasteiger partial charge < -0.3 is 5.32 Å². The highest BCUT2D eigenvalue weighted by Crippen LogP contribution is 2.21. The molecule has 0 aromatic heterocycles. The van der Waals surface area contributed by atoms with E-state index in [-0.39, 0.29) is 0 Å². The first kappa shape index (κ1) is 9.47. The highest BCUT2D eigenvalue weighted by Gasteiger charge is 2.26. The lowest BCUT2D eigenvalue weighted by Gasteiger charge is -2.41. The molecule has 2 atom stereocenters. The summed E-state index contributed by atoms with van der Waals surface area (Å²) in [7, 11) is 0. The number of hydrogen-bond donors (Lipinski definition) is 1. The van der Waals surface area contributed by atoms with E-state index in [1.165, 1.54) is 51.7 Å². The zero-order chi connectivity index (χ0) is 9.10. The number of nitrogens with one attached hydrogen (secondary N) is 1. The first-order chi connectivity index (χ1) is 6.38. The molecular weight excluding hydrogens is 160 g/mol. The van der Waals surface area contributed by atoms with Gasteiger partial charge in [0.1, 0.15) is 0 Å². The maximum Gasteiger partial charge on any atom is 0.0223 e. The van der Waals surface area contributed by atoms with E-state index in [0.717, 1.165) is 12.1 Å². The SMILES string of the molecule is C[C@@H]1CCCCN1[C@@H]1CCCNC1. The summed E-state index contributed by atoms with van der Waals surface area (Å²) in [6, 6.07) is 1.67. The quantitative estimate of drug-likeness (QED) is 0.663. The van der Waals surface area contributed by atoms with Gasteiger partial charge in [0, 0.05) is 18.6 Å². The largest absolute Gasteiger partial charge is 0.315 e. The Hall–Kier alpha value is -0.0800. The van der Waals surface area contributed by atoms with Gasteiger partial charge in [-0.3, -0.25) is 4.90 Å². The van der Waals surface area contributed by atoms with Crippen molar-refractivity contribution in [3.63, 3.8) is 0 Å². The van der Waals surface area contributed by atoms with Crippen LogP contribution in [0.1, 0.15) is 39.0 Å². The number of nitrogens with zero attached hydrogens (tertiary/aromatic N) is 1. The zero-order valence-corrected chi connectivity index (χ0v) is 8.76. The Labute approximate surface area is 81.7 Å². The van der Waals surface area contributed by atoms with Crippen molar-refractivity contribution >= 4 is 0 Å². The highest BCUT2D eigenvalue weighted by molar-refractivity contribution is 4.84. The number of rotatable bonds is 1. The van der Waals surface area contributed by atoms with Crippen molar-refractivity contribution in [3.05, 3.63) is 0 Å². The minimum atomic E-state index is 0.832. The predicted molar refractivity (Wildman–Crippen MR) is 55.9 cm³/mol. The van der Waals surface area contributed by atoms with Gasteiger partial charge in [0.2, 0.25) is 0 Å². The Balaban J connectivity index is 1.88. The second kappa shape index (κ2) is 4.43. The third-order valence-corrected chi connectivity index (χ3v) is 3.59. The molecular formula is C11H22N2. The minimum absolute atomic E-state index is 0.832. The molecule has 0 aromatic carbocycles. The lowest BCUT2D eigenvalue weighted by atomic mass is 9.97. The minimum Gasteiger partial charge on any atom is -0.315 e. The van der Waals surface area contributed by atoms with Crippen LogP contribution in [-0.4, -0.2) is 36.6 Å². The van der Waals surface area contributed by atoms with E-state index in [9.17, 15) is 0 Å². The smallest absolute Gasteiger partial charge is 0.0223 e. The molecule has 2 saturated heterocycles. The van der Waals surface area contributed by atoms with E-state index in [1.54, 1.807) is 0 Å². The first-order valence-electron chi connectivity index (χ1n) is 5.84. The number of piperidine rings is 2. The summed E-state index contributed by atoms with van der Waals surface area (Å²) in [6.45, 7) is 6.20. The fraction of sp³-hybridized carbons (Fsp3) is 1.00. The van der Waals surface area contributed by atoms with Gasteiger partial charge in [-0.05, 0) is 45.7 Å². The van der Waals surface area contributed by atoms with Crippen LogP contribution >= 0.6 is 0 Å². The summed E-state index contributed by atoms with van der Waals surface area (Å²) >= 11 is 0. The zero-order valence-electron chi connectivity index (χ0n) is 8.76. The fourth-order valence-corrected chi connectivity index (χ4v) is 2.78. The van der Waals surface area contributed by atoms with E-state index in [1.807, 2.05) is 0 Å². The van der Waals surface area contributed by atoms with Gasteiger partial charge in [0.05, 0.1) is 0 Å². The highest BCUT2D eigenvalue weighted by atomic mass is 15.2. The Kier molecular flexibility index (Phi) is 3.23. The topological polar surface area (TPSA) is 15.3 Å². The molecule has 0 aliphatic carbocycles. The van der Waals surface area contributed by atoms with Crippen LogP contribution in [0.25, 0.3) is 0 Å². The van der Waals surface area contributed by atoms with Crippen LogP contribution in [0, 0.1) is 0 Å². The maximum atomic E-state index is 3.51. The summed E-state index contributed by atoms with van der Waals surface area (Å²) in [5.74, 6) is 0. The molecule has 0 bridgehead atoms. The Morgan fingerprint density at radius 1 is 1.15 bits per heavy atom. The summed E-state index contributed by atoms with van der Waals surface area (Å²) in [5.41, 5.74) is 0. The summed E-state index contributed by atoms with van der Waals surface area (Å²) in [4.78, 5) is 2.73. The monoisotopic (exact) mass is 182 g/mol. The lowest BCUT2D eigenvalue weighted by Crippen LogP contribution is -2.51. The van der Waals surface area contributed by atoms with Crippen LogP contribution in [0.3, 0.4) is 0 Å². The molecule has 2 fully saturated rings. The van der Waals surface area contributed by atoms with Crippen LogP contribution in [0.4, 0.5) is 0 Å². The van der Waals surface area contributed by atoms with E-state index < -0.39 is 0 Å². The molecule has 0 spiro atoms. The molecule has 2 nitrogen and oxygen atoms in total. The third-order valence-electron chi connectivity index (χ3n) is 3.59. The molecule has 13 heavy (non-hydrogen) atoms. The second-order valence-corrected chi connectivity index (χ2v) is 4.58. The van der Waals surface area contributed by atoms with Crippen molar-refractivity contribution < 1.29 is 0 Å². The van der Waals surface area contributed by atoms with Crippen molar-refractivity contribution in [2.45, 2.75) is 51.1 Å². The van der Waals surface area contributed by atoms with E-state index >= 15 is 0 Å². The van der Waals surface area contributed by atoms with Crippen LogP contribution in [0.5, 0.6) is 0 Å². The summed E-state index contributed by atoms with van der Waals surface area (Å²) in [6.07, 6.45) is 7.06. The molecule has 0 aromatic rings. The molecule has 2 heteroatoms. The molecule has 1 N–H and O–H groups in total. The van der Waals surface area contributed by atoms with Crippen LogP contribution in [-0.2, 0) is 0 Å². The molecule has 2 aliphatic heterocycles. The van der Waals surface area contributed by atoms with Crippen molar-refractivity contribution in [2.75, 3.05) is 19.6 Å². The van der Waals surface area contributed by atoms with Gasteiger partial charge in [-0.25, -0.2) is 0 Å². The van der Waals surface area contributed by atoms with E-state index in [2.05, 4.69) is 17.1 Å². The Morgan fingerprint density at radius 3 is 2.77 bits per heavy atom. The average molecular weight is 182 g/mol. The third kappa shape index (κ3) is 2.23. The van der Waals surface area contributed by atoms with Crippen LogP contribution in [0.15, 0.2) is 0 Å². The fourth-order valence-electron chi connectivity index (χ4n) is 2.78. The van der Waals surface area contributed by atoms with Crippen molar-refractivity contribution in [3.8, 4) is 0 Å². The molecule has 76 valence electrons. The summed E-state index contributed by atoms with van der Waals surface area (Å²) in [5, 5.41) is 3.51. The average Bonchev–Trinajstić information content (AvgIpc) is 2.20. The van der Waals surface area contributed by atoms with Gasteiger partial charge in [-0.1, -0.05) is 6.42 Å². The molecule has 0 radical (unpaired) electrons. The van der Waals surface area contributed by atoms with Crippen molar-refractivity contribution in [1.29, 1.82) is 0 Å². The van der Waals surface area contributed by atoms with E-state index in [4.69, 9.17) is 0 Å². The Morgan fingerprint density at radius 2 is 2.08 bits per heavy atom. The van der Waals surface area contributed by atoms with Crippen molar-refractivity contribution in [2.24, 2.45) is 0 Å². The number of hydrogen-bond acceptors (Lipinski definition) is 2. The second-order valence-electron chi connectivity index (χ2n) is 4.58.